The van der Waals surface area contributed by atoms with Gasteiger partial charge in [-0.15, -0.1) is 6.58 Å². The third-order valence-corrected chi connectivity index (χ3v) is 3.63. The van der Waals surface area contributed by atoms with Crippen LogP contribution in [0.4, 0.5) is 18.9 Å². The fourth-order valence-corrected chi connectivity index (χ4v) is 2.44. The predicted molar refractivity (Wildman–Crippen MR) is 88.9 cm³/mol. The van der Waals surface area contributed by atoms with E-state index in [1.165, 1.54) is 7.11 Å². The lowest BCUT2D eigenvalue weighted by atomic mass is 10.1. The molecule has 3 nitrogen and oxygen atoms in total. The Morgan fingerprint density at radius 3 is 2.58 bits per heavy atom. The van der Waals surface area contributed by atoms with Gasteiger partial charge >= 0.3 is 12.1 Å². The molecule has 0 unspecified atom stereocenters. The Morgan fingerprint density at radius 2 is 2.00 bits per heavy atom. The smallest absolute Gasteiger partial charge is 0.416 e. The number of carbonyl (C=O) groups is 1. The molecule has 0 bridgehead atoms. The number of carbonyl (C=O) groups excluding carboxylic acids is 1. The van der Waals surface area contributed by atoms with E-state index in [9.17, 15) is 18.0 Å². The molecular weight excluding hydrogens is 319 g/mol. The highest BCUT2D eigenvalue weighted by molar-refractivity contribution is 5.79. The number of halogens is 3. The lowest BCUT2D eigenvalue weighted by Gasteiger charge is -2.19. The van der Waals surface area contributed by atoms with Gasteiger partial charge in [0.1, 0.15) is 6.04 Å². The van der Waals surface area contributed by atoms with Crippen LogP contribution in [0.1, 0.15) is 43.2 Å². The molecule has 0 amide bonds. The Bertz CT molecular complexity index is 556. The second kappa shape index (κ2) is 9.35. The maximum atomic E-state index is 12.9. The molecule has 0 aliphatic carbocycles. The minimum atomic E-state index is -4.42. The summed E-state index contributed by atoms with van der Waals surface area (Å²) in [7, 11) is 1.27. The number of esters is 1. The lowest BCUT2D eigenvalue weighted by molar-refractivity contribution is -0.141. The van der Waals surface area contributed by atoms with E-state index >= 15 is 0 Å². The zero-order valence-electron chi connectivity index (χ0n) is 14.1. The van der Waals surface area contributed by atoms with E-state index in [1.54, 1.807) is 13.0 Å². The molecule has 0 heterocycles. The van der Waals surface area contributed by atoms with Crippen molar-refractivity contribution < 1.29 is 22.7 Å². The van der Waals surface area contributed by atoms with Crippen LogP contribution in [-0.2, 0) is 15.7 Å². The van der Waals surface area contributed by atoms with Crippen molar-refractivity contribution in [2.75, 3.05) is 12.4 Å². The molecule has 1 atom stereocenters. The highest BCUT2D eigenvalue weighted by atomic mass is 19.4. The number of methoxy groups -OCH3 is 1. The molecule has 1 N–H and O–H groups in total. The van der Waals surface area contributed by atoms with Gasteiger partial charge in [-0.2, -0.15) is 13.2 Å². The van der Waals surface area contributed by atoms with Crippen molar-refractivity contribution in [2.45, 2.75) is 51.2 Å². The molecule has 0 aromatic heterocycles. The fourth-order valence-electron chi connectivity index (χ4n) is 2.44. The SMILES string of the molecule is C=CCCCCC[C@H](Nc1cc(C)cc(C(F)(F)F)c1)C(=O)OC. The van der Waals surface area contributed by atoms with Crippen molar-refractivity contribution in [2.24, 2.45) is 0 Å². The van der Waals surface area contributed by atoms with Gasteiger partial charge in [-0.1, -0.05) is 18.9 Å². The van der Waals surface area contributed by atoms with E-state index in [1.807, 2.05) is 6.08 Å². The Morgan fingerprint density at radius 1 is 1.29 bits per heavy atom. The van der Waals surface area contributed by atoms with Crippen molar-refractivity contribution >= 4 is 11.7 Å². The largest absolute Gasteiger partial charge is 0.467 e. The summed E-state index contributed by atoms with van der Waals surface area (Å²) >= 11 is 0. The number of benzene rings is 1. The van der Waals surface area contributed by atoms with E-state index in [4.69, 9.17) is 4.74 Å². The molecule has 1 aromatic carbocycles. The van der Waals surface area contributed by atoms with Gasteiger partial charge in [-0.05, 0) is 49.9 Å². The van der Waals surface area contributed by atoms with Gasteiger partial charge in [0.05, 0.1) is 12.7 Å². The monoisotopic (exact) mass is 343 g/mol. The van der Waals surface area contributed by atoms with Crippen LogP contribution >= 0.6 is 0 Å². The van der Waals surface area contributed by atoms with Crippen LogP contribution in [0.25, 0.3) is 0 Å². The minimum absolute atomic E-state index is 0.267. The first-order valence-corrected chi connectivity index (χ1v) is 7.92. The Labute approximate surface area is 140 Å². The number of hydrogen-bond donors (Lipinski definition) is 1. The molecule has 0 radical (unpaired) electrons. The number of aryl methyl sites for hydroxylation is 1. The molecule has 6 heteroatoms. The van der Waals surface area contributed by atoms with Crippen molar-refractivity contribution in [1.29, 1.82) is 0 Å². The third kappa shape index (κ3) is 6.64. The maximum Gasteiger partial charge on any atom is 0.416 e. The highest BCUT2D eigenvalue weighted by Crippen LogP contribution is 2.32. The summed E-state index contributed by atoms with van der Waals surface area (Å²) in [5, 5.41) is 2.88. The Balaban J connectivity index is 2.80. The normalized spacial score (nSPS) is 12.5. The molecule has 24 heavy (non-hydrogen) atoms. The van der Waals surface area contributed by atoms with Gasteiger partial charge in [0.25, 0.3) is 0 Å². The van der Waals surface area contributed by atoms with E-state index in [0.29, 0.717) is 12.0 Å². The number of anilines is 1. The maximum absolute atomic E-state index is 12.9. The van der Waals surface area contributed by atoms with Gasteiger partial charge in [0.2, 0.25) is 0 Å². The van der Waals surface area contributed by atoms with Gasteiger partial charge < -0.3 is 10.1 Å². The van der Waals surface area contributed by atoms with Crippen LogP contribution in [0, 0.1) is 6.92 Å². The molecule has 1 aromatic rings. The molecule has 1 rings (SSSR count). The summed E-state index contributed by atoms with van der Waals surface area (Å²) in [5.74, 6) is -0.478. The number of ether oxygens (including phenoxy) is 1. The first-order valence-electron chi connectivity index (χ1n) is 7.92. The van der Waals surface area contributed by atoms with Gasteiger partial charge in [-0.25, -0.2) is 4.79 Å². The van der Waals surface area contributed by atoms with E-state index in [2.05, 4.69) is 11.9 Å². The molecule has 0 fully saturated rings. The predicted octanol–water partition coefficient (Wildman–Crippen LogP) is 5.10. The number of rotatable bonds is 9. The van der Waals surface area contributed by atoms with Crippen LogP contribution in [0.15, 0.2) is 30.9 Å². The first-order chi connectivity index (χ1) is 11.3. The number of nitrogens with one attached hydrogen (secondary N) is 1. The molecule has 0 saturated carbocycles. The fraction of sp³-hybridized carbons (Fsp3) is 0.500. The number of unbranched alkanes of at least 4 members (excludes halogenated alkanes) is 3. The van der Waals surface area contributed by atoms with Crippen molar-refractivity contribution in [3.63, 3.8) is 0 Å². The molecular formula is C18H24F3NO2. The van der Waals surface area contributed by atoms with Crippen LogP contribution in [0.2, 0.25) is 0 Å². The molecule has 0 spiro atoms. The van der Waals surface area contributed by atoms with Crippen molar-refractivity contribution in [3.8, 4) is 0 Å². The summed E-state index contributed by atoms with van der Waals surface area (Å²) < 4.78 is 43.5. The lowest BCUT2D eigenvalue weighted by Crippen LogP contribution is -2.30. The second-order valence-electron chi connectivity index (χ2n) is 5.73. The van der Waals surface area contributed by atoms with Gasteiger partial charge in [0, 0.05) is 5.69 Å². The molecule has 0 saturated heterocycles. The van der Waals surface area contributed by atoms with Crippen LogP contribution in [0.3, 0.4) is 0 Å². The summed E-state index contributed by atoms with van der Waals surface area (Å²) in [6, 6.07) is 3.01. The standard InChI is InChI=1S/C18H24F3NO2/c1-4-5-6-7-8-9-16(17(23)24-3)22-15-11-13(2)10-14(12-15)18(19,20)21/h4,10-12,16,22H,1,5-9H2,2-3H3/t16-/m0/s1. The summed E-state index contributed by atoms with van der Waals surface area (Å²) in [5.41, 5.74) is 0.00494. The molecule has 0 aliphatic heterocycles. The van der Waals surface area contributed by atoms with Crippen molar-refractivity contribution in [1.82, 2.24) is 0 Å². The highest BCUT2D eigenvalue weighted by Gasteiger charge is 2.31. The Hall–Kier alpha value is -1.98. The van der Waals surface area contributed by atoms with Crippen LogP contribution in [-0.4, -0.2) is 19.1 Å². The first kappa shape index (κ1) is 20.1. The van der Waals surface area contributed by atoms with E-state index < -0.39 is 23.8 Å². The quantitative estimate of drug-likeness (QED) is 0.385. The topological polar surface area (TPSA) is 38.3 Å². The zero-order valence-corrected chi connectivity index (χ0v) is 14.1. The summed E-state index contributed by atoms with van der Waals surface area (Å²) in [4.78, 5) is 11.9. The molecule has 134 valence electrons. The minimum Gasteiger partial charge on any atom is -0.467 e. The van der Waals surface area contributed by atoms with Gasteiger partial charge in [0.15, 0.2) is 0 Å². The number of alkyl halides is 3. The van der Waals surface area contributed by atoms with Crippen LogP contribution < -0.4 is 5.32 Å². The zero-order chi connectivity index (χ0) is 18.2. The summed E-state index contributed by atoms with van der Waals surface area (Å²) in [6.07, 6.45) is 1.49. The second-order valence-corrected chi connectivity index (χ2v) is 5.73. The third-order valence-electron chi connectivity index (χ3n) is 3.63. The molecule has 0 aliphatic rings. The van der Waals surface area contributed by atoms with Crippen LogP contribution in [0.5, 0.6) is 0 Å². The van der Waals surface area contributed by atoms with E-state index in [0.717, 1.165) is 37.8 Å². The van der Waals surface area contributed by atoms with Crippen molar-refractivity contribution in [3.05, 3.63) is 42.0 Å². The van der Waals surface area contributed by atoms with E-state index in [-0.39, 0.29) is 5.69 Å². The average molecular weight is 343 g/mol. The van der Waals surface area contributed by atoms with Gasteiger partial charge in [-0.3, -0.25) is 0 Å². The Kier molecular flexibility index (Phi) is 7.82. The summed E-state index contributed by atoms with van der Waals surface area (Å²) in [6.45, 7) is 5.23. The average Bonchev–Trinajstić information content (AvgIpc) is 2.51. The number of hydrogen-bond acceptors (Lipinski definition) is 3. The number of allylic oxidation sites excluding steroid dienone is 1.